The van der Waals surface area contributed by atoms with E-state index in [2.05, 4.69) is 21.3 Å². The van der Waals surface area contributed by atoms with Crippen molar-refractivity contribution >= 4 is 17.3 Å². The zero-order valence-corrected chi connectivity index (χ0v) is 13.2. The van der Waals surface area contributed by atoms with Crippen molar-refractivity contribution in [3.05, 3.63) is 69.0 Å². The van der Waals surface area contributed by atoms with Gasteiger partial charge in [0.1, 0.15) is 0 Å². The third-order valence-electron chi connectivity index (χ3n) is 4.04. The lowest BCUT2D eigenvalue weighted by atomic mass is 10.0. The lowest BCUT2D eigenvalue weighted by Gasteiger charge is -2.36. The molecule has 23 heavy (non-hydrogen) atoms. The third kappa shape index (κ3) is 3.67. The van der Waals surface area contributed by atoms with E-state index >= 15 is 0 Å². The molecule has 0 aliphatic carbocycles. The van der Waals surface area contributed by atoms with Gasteiger partial charge in [0, 0.05) is 56.7 Å². The smallest absolute Gasteiger partial charge is 0.270 e. The number of piperazine rings is 1. The highest BCUT2D eigenvalue weighted by Gasteiger charge is 2.24. The van der Waals surface area contributed by atoms with Crippen LogP contribution in [0, 0.1) is 10.1 Å². The molecule has 1 saturated heterocycles. The molecule has 0 bridgehead atoms. The predicted octanol–water partition coefficient (Wildman–Crippen LogP) is 2.79. The van der Waals surface area contributed by atoms with E-state index in [-0.39, 0.29) is 11.7 Å². The number of halogens is 1. The lowest BCUT2D eigenvalue weighted by Crippen LogP contribution is -2.45. The molecule has 1 unspecified atom stereocenters. The molecule has 0 spiro atoms. The Balaban J connectivity index is 1.81. The molecule has 1 aromatic carbocycles. The van der Waals surface area contributed by atoms with Gasteiger partial charge in [-0.1, -0.05) is 17.7 Å². The minimum Gasteiger partial charge on any atom is -0.314 e. The Morgan fingerprint density at radius 1 is 1.43 bits per heavy atom. The van der Waals surface area contributed by atoms with Crippen LogP contribution in [0.2, 0.25) is 5.02 Å². The van der Waals surface area contributed by atoms with Crippen LogP contribution in [0.4, 0.5) is 5.69 Å². The monoisotopic (exact) mass is 332 g/mol. The Labute approximate surface area is 139 Å². The van der Waals surface area contributed by atoms with E-state index in [4.69, 9.17) is 11.6 Å². The van der Waals surface area contributed by atoms with Crippen molar-refractivity contribution in [1.82, 2.24) is 15.2 Å². The van der Waals surface area contributed by atoms with E-state index in [0.717, 1.165) is 30.8 Å². The summed E-state index contributed by atoms with van der Waals surface area (Å²) in [6.07, 6.45) is 3.64. The van der Waals surface area contributed by atoms with Crippen LogP contribution in [0.5, 0.6) is 0 Å². The van der Waals surface area contributed by atoms with Crippen LogP contribution < -0.4 is 5.32 Å². The maximum Gasteiger partial charge on any atom is 0.270 e. The first-order valence-electron chi connectivity index (χ1n) is 7.42. The number of benzene rings is 1. The highest BCUT2D eigenvalue weighted by molar-refractivity contribution is 6.31. The highest BCUT2D eigenvalue weighted by Crippen LogP contribution is 2.28. The number of nitro benzene ring substituents is 1. The molecule has 1 N–H and O–H groups in total. The van der Waals surface area contributed by atoms with Gasteiger partial charge < -0.3 is 5.32 Å². The maximum atomic E-state index is 10.8. The van der Waals surface area contributed by atoms with Gasteiger partial charge in [0.15, 0.2) is 0 Å². The zero-order valence-electron chi connectivity index (χ0n) is 12.5. The summed E-state index contributed by atoms with van der Waals surface area (Å²) in [5.74, 6) is 0. The van der Waals surface area contributed by atoms with Gasteiger partial charge in [-0.05, 0) is 23.3 Å². The van der Waals surface area contributed by atoms with Crippen molar-refractivity contribution in [2.75, 3.05) is 19.6 Å². The summed E-state index contributed by atoms with van der Waals surface area (Å²) in [5.41, 5.74) is 2.06. The average Bonchev–Trinajstić information content (AvgIpc) is 2.58. The van der Waals surface area contributed by atoms with Crippen molar-refractivity contribution in [1.29, 1.82) is 0 Å². The molecule has 1 fully saturated rings. The second-order valence-corrected chi connectivity index (χ2v) is 5.92. The van der Waals surface area contributed by atoms with Crippen LogP contribution in [0.15, 0.2) is 42.7 Å². The summed E-state index contributed by atoms with van der Waals surface area (Å²) in [6, 6.07) is 8.86. The number of hydrogen-bond acceptors (Lipinski definition) is 5. The summed E-state index contributed by atoms with van der Waals surface area (Å²) in [5, 5.41) is 14.6. The molecule has 7 heteroatoms. The number of pyridine rings is 1. The molecule has 3 rings (SSSR count). The zero-order chi connectivity index (χ0) is 16.2. The minimum atomic E-state index is -0.432. The molecule has 6 nitrogen and oxygen atoms in total. The lowest BCUT2D eigenvalue weighted by molar-refractivity contribution is -0.384. The van der Waals surface area contributed by atoms with Crippen LogP contribution in [0.3, 0.4) is 0 Å². The number of non-ortho nitro benzene ring substituents is 1. The first-order chi connectivity index (χ1) is 11.1. The standard InChI is InChI=1S/C16H17ClN4O2/c17-15-8-14(21(22)23)4-3-13(15)11-20-7-6-19-10-16(20)12-2-1-5-18-9-12/h1-5,8-9,16,19H,6-7,10-11H2. The Kier molecular flexibility index (Phi) is 4.85. The Morgan fingerprint density at radius 2 is 2.30 bits per heavy atom. The van der Waals surface area contributed by atoms with Gasteiger partial charge in [-0.2, -0.15) is 0 Å². The van der Waals surface area contributed by atoms with Crippen molar-refractivity contribution < 1.29 is 4.92 Å². The average molecular weight is 333 g/mol. The van der Waals surface area contributed by atoms with E-state index in [0.29, 0.717) is 11.6 Å². The van der Waals surface area contributed by atoms with E-state index in [1.54, 1.807) is 12.3 Å². The predicted molar refractivity (Wildman–Crippen MR) is 88.4 cm³/mol. The summed E-state index contributed by atoms with van der Waals surface area (Å²) in [7, 11) is 0. The van der Waals surface area contributed by atoms with E-state index in [1.807, 2.05) is 12.3 Å². The third-order valence-corrected chi connectivity index (χ3v) is 4.40. The van der Waals surface area contributed by atoms with Crippen LogP contribution in [0.1, 0.15) is 17.2 Å². The second kappa shape index (κ2) is 7.04. The van der Waals surface area contributed by atoms with Gasteiger partial charge >= 0.3 is 0 Å². The molecule has 0 radical (unpaired) electrons. The number of aromatic nitrogens is 1. The van der Waals surface area contributed by atoms with Crippen LogP contribution in [-0.2, 0) is 6.54 Å². The fraction of sp³-hybridized carbons (Fsp3) is 0.312. The van der Waals surface area contributed by atoms with Gasteiger partial charge in [-0.25, -0.2) is 0 Å². The molecular formula is C16H17ClN4O2. The molecule has 1 aliphatic heterocycles. The van der Waals surface area contributed by atoms with Gasteiger partial charge in [0.25, 0.3) is 5.69 Å². The molecule has 1 aliphatic rings. The van der Waals surface area contributed by atoms with Crippen LogP contribution in [0.25, 0.3) is 0 Å². The molecule has 1 atom stereocenters. The normalized spacial score (nSPS) is 18.7. The Hall–Kier alpha value is -2.02. The van der Waals surface area contributed by atoms with Crippen LogP contribution in [-0.4, -0.2) is 34.4 Å². The highest BCUT2D eigenvalue weighted by atomic mass is 35.5. The van der Waals surface area contributed by atoms with Crippen LogP contribution >= 0.6 is 11.6 Å². The topological polar surface area (TPSA) is 71.3 Å². The number of hydrogen-bond donors (Lipinski definition) is 1. The van der Waals surface area contributed by atoms with Crippen molar-refractivity contribution in [3.63, 3.8) is 0 Å². The number of rotatable bonds is 4. The summed E-state index contributed by atoms with van der Waals surface area (Å²) >= 11 is 6.23. The van der Waals surface area contributed by atoms with Gasteiger partial charge in [0.2, 0.25) is 0 Å². The largest absolute Gasteiger partial charge is 0.314 e. The quantitative estimate of drug-likeness (QED) is 0.688. The Bertz CT molecular complexity index is 696. The van der Waals surface area contributed by atoms with Gasteiger partial charge in [-0.15, -0.1) is 0 Å². The fourth-order valence-corrected chi connectivity index (χ4v) is 3.07. The number of nitrogens with one attached hydrogen (secondary N) is 1. The van der Waals surface area contributed by atoms with Gasteiger partial charge in [-0.3, -0.25) is 20.0 Å². The van der Waals surface area contributed by atoms with Crippen molar-refractivity contribution in [2.45, 2.75) is 12.6 Å². The van der Waals surface area contributed by atoms with Crippen molar-refractivity contribution in [3.8, 4) is 0 Å². The maximum absolute atomic E-state index is 10.8. The van der Waals surface area contributed by atoms with E-state index in [1.165, 1.54) is 12.1 Å². The van der Waals surface area contributed by atoms with E-state index in [9.17, 15) is 10.1 Å². The molecular weight excluding hydrogens is 316 g/mol. The summed E-state index contributed by atoms with van der Waals surface area (Å²) in [4.78, 5) is 16.9. The first-order valence-corrected chi connectivity index (χ1v) is 7.80. The molecule has 0 amide bonds. The Morgan fingerprint density at radius 3 is 3.00 bits per heavy atom. The number of nitrogens with zero attached hydrogens (tertiary/aromatic N) is 3. The second-order valence-electron chi connectivity index (χ2n) is 5.51. The first kappa shape index (κ1) is 15.9. The summed E-state index contributed by atoms with van der Waals surface area (Å²) in [6.45, 7) is 3.28. The number of nitro groups is 1. The molecule has 2 heterocycles. The minimum absolute atomic E-state index is 0.0165. The van der Waals surface area contributed by atoms with E-state index < -0.39 is 4.92 Å². The molecule has 120 valence electrons. The molecule has 0 saturated carbocycles. The summed E-state index contributed by atoms with van der Waals surface area (Å²) < 4.78 is 0. The molecule has 1 aromatic heterocycles. The SMILES string of the molecule is O=[N+]([O-])c1ccc(CN2CCNCC2c2cccnc2)c(Cl)c1. The van der Waals surface area contributed by atoms with Crippen molar-refractivity contribution in [2.24, 2.45) is 0 Å². The van der Waals surface area contributed by atoms with Gasteiger partial charge in [0.05, 0.1) is 9.95 Å². The fourth-order valence-electron chi connectivity index (χ4n) is 2.83. The molecule has 2 aromatic rings.